The van der Waals surface area contributed by atoms with Gasteiger partial charge < -0.3 is 15.1 Å². The van der Waals surface area contributed by atoms with Crippen molar-refractivity contribution in [2.75, 3.05) is 31.2 Å². The van der Waals surface area contributed by atoms with Crippen LogP contribution < -0.4 is 5.32 Å². The largest absolute Gasteiger partial charge is 0.371 e. The first-order valence-electron chi connectivity index (χ1n) is 8.51. The number of amides is 1. The van der Waals surface area contributed by atoms with Crippen LogP contribution in [0.4, 0.5) is 10.1 Å². The van der Waals surface area contributed by atoms with Crippen LogP contribution in [-0.2, 0) is 14.6 Å². The number of sulfone groups is 1. The summed E-state index contributed by atoms with van der Waals surface area (Å²) in [4.78, 5) is 16.1. The average Bonchev–Trinajstić information content (AvgIpc) is 2.96. The molecule has 3 rings (SSSR count). The fraction of sp³-hybridized carbons (Fsp3) is 0.529. The molecule has 2 saturated heterocycles. The number of piperidine rings is 1. The van der Waals surface area contributed by atoms with E-state index in [1.807, 2.05) is 4.90 Å². The van der Waals surface area contributed by atoms with E-state index in [1.165, 1.54) is 12.1 Å². The van der Waals surface area contributed by atoms with E-state index in [9.17, 15) is 17.6 Å². The second-order valence-electron chi connectivity index (χ2n) is 6.75. The van der Waals surface area contributed by atoms with Crippen LogP contribution in [-0.4, -0.2) is 62.1 Å². The number of hydrogen-bond acceptors (Lipinski definition) is 6. The van der Waals surface area contributed by atoms with Gasteiger partial charge in [-0.3, -0.25) is 4.79 Å². The smallest absolute Gasteiger partial charge is 0.245 e. The third-order valence-electron chi connectivity index (χ3n) is 4.98. The van der Waals surface area contributed by atoms with Crippen molar-refractivity contribution in [1.29, 1.82) is 5.26 Å². The van der Waals surface area contributed by atoms with Crippen LogP contribution in [0.3, 0.4) is 0 Å². The third-order valence-corrected chi connectivity index (χ3v) is 6.10. The lowest BCUT2D eigenvalue weighted by Crippen LogP contribution is -2.46. The molecule has 9 heteroatoms. The summed E-state index contributed by atoms with van der Waals surface area (Å²) in [6.07, 6.45) is 5.21. The van der Waals surface area contributed by atoms with Gasteiger partial charge >= 0.3 is 0 Å². The highest BCUT2D eigenvalue weighted by Crippen LogP contribution is 2.26. The fourth-order valence-electron chi connectivity index (χ4n) is 3.51. The van der Waals surface area contributed by atoms with Gasteiger partial charge in [-0.15, -0.1) is 0 Å². The Morgan fingerprint density at radius 2 is 1.92 bits per heavy atom. The summed E-state index contributed by atoms with van der Waals surface area (Å²) < 4.78 is 37.2. The van der Waals surface area contributed by atoms with Crippen molar-refractivity contribution in [2.45, 2.75) is 36.2 Å². The molecule has 26 heavy (non-hydrogen) atoms. The number of anilines is 1. The maximum atomic E-state index is 14.2. The van der Waals surface area contributed by atoms with Crippen molar-refractivity contribution in [2.24, 2.45) is 0 Å². The van der Waals surface area contributed by atoms with Gasteiger partial charge in [0.05, 0.1) is 10.6 Å². The Hall–Kier alpha value is -2.34. The minimum Gasteiger partial charge on any atom is -0.371 e. The van der Waals surface area contributed by atoms with Crippen LogP contribution in [0.1, 0.15) is 19.3 Å². The van der Waals surface area contributed by atoms with Crippen LogP contribution in [0.25, 0.3) is 0 Å². The fourth-order valence-corrected chi connectivity index (χ4v) is 4.14. The zero-order valence-electron chi connectivity index (χ0n) is 14.5. The van der Waals surface area contributed by atoms with Gasteiger partial charge in [0.15, 0.2) is 16.0 Å². The Morgan fingerprint density at radius 1 is 1.23 bits per heavy atom. The Labute approximate surface area is 152 Å². The van der Waals surface area contributed by atoms with Gasteiger partial charge in [-0.2, -0.15) is 5.26 Å². The molecule has 2 aliphatic rings. The molecule has 1 aromatic rings. The Balaban J connectivity index is 1.65. The van der Waals surface area contributed by atoms with Crippen LogP contribution >= 0.6 is 0 Å². The first-order valence-corrected chi connectivity index (χ1v) is 10.4. The van der Waals surface area contributed by atoms with E-state index < -0.39 is 21.7 Å². The van der Waals surface area contributed by atoms with Gasteiger partial charge in [-0.1, -0.05) is 0 Å². The Bertz CT molecular complexity index is 844. The summed E-state index contributed by atoms with van der Waals surface area (Å²) >= 11 is 0. The van der Waals surface area contributed by atoms with Crippen LogP contribution in [0.15, 0.2) is 23.1 Å². The summed E-state index contributed by atoms with van der Waals surface area (Å²) in [5.41, 5.74) is 0.122. The van der Waals surface area contributed by atoms with E-state index >= 15 is 0 Å². The number of nitrogens with zero attached hydrogens (tertiary/aromatic N) is 3. The lowest BCUT2D eigenvalue weighted by molar-refractivity contribution is -0.131. The lowest BCUT2D eigenvalue weighted by atomic mass is 10.0. The van der Waals surface area contributed by atoms with Crippen molar-refractivity contribution in [1.82, 2.24) is 9.80 Å². The maximum Gasteiger partial charge on any atom is 0.245 e. The SMILES string of the molecule is CS(=O)(=O)c1ccc(N[C@H]2CCN(C3CCN(C#N)CC3)C2=O)c(F)c1. The first kappa shape index (κ1) is 18.5. The summed E-state index contributed by atoms with van der Waals surface area (Å²) in [5, 5.41) is 11.8. The quantitative estimate of drug-likeness (QED) is 0.789. The zero-order chi connectivity index (χ0) is 18.9. The minimum absolute atomic E-state index is 0.0769. The van der Waals surface area contributed by atoms with E-state index in [2.05, 4.69) is 11.5 Å². The molecular weight excluding hydrogens is 359 g/mol. The van der Waals surface area contributed by atoms with Gasteiger partial charge in [-0.05, 0) is 37.5 Å². The second-order valence-corrected chi connectivity index (χ2v) is 8.77. The van der Waals surface area contributed by atoms with Gasteiger partial charge in [0.1, 0.15) is 11.9 Å². The topological polar surface area (TPSA) is 93.5 Å². The van der Waals surface area contributed by atoms with Gasteiger partial charge in [0.25, 0.3) is 0 Å². The third kappa shape index (κ3) is 3.75. The predicted molar refractivity (Wildman–Crippen MR) is 93.5 cm³/mol. The molecule has 1 N–H and O–H groups in total. The highest BCUT2D eigenvalue weighted by molar-refractivity contribution is 7.90. The number of rotatable bonds is 4. The molecular formula is C17H21FN4O3S. The van der Waals surface area contributed by atoms with Crippen molar-refractivity contribution in [3.8, 4) is 6.19 Å². The molecule has 2 fully saturated rings. The highest BCUT2D eigenvalue weighted by atomic mass is 32.2. The van der Waals surface area contributed by atoms with Crippen molar-refractivity contribution in [3.63, 3.8) is 0 Å². The van der Waals surface area contributed by atoms with Gasteiger partial charge in [-0.25, -0.2) is 12.8 Å². The molecule has 0 aromatic heterocycles. The number of likely N-dealkylation sites (tertiary alicyclic amines) is 2. The van der Waals surface area contributed by atoms with Gasteiger partial charge in [0.2, 0.25) is 5.91 Å². The summed E-state index contributed by atoms with van der Waals surface area (Å²) in [5.74, 6) is -0.770. The number of nitrogens with one attached hydrogen (secondary N) is 1. The lowest BCUT2D eigenvalue weighted by Gasteiger charge is -2.34. The minimum atomic E-state index is -3.48. The molecule has 1 aromatic carbocycles. The summed E-state index contributed by atoms with van der Waals surface area (Å²) in [6, 6.07) is 3.23. The molecule has 0 saturated carbocycles. The molecule has 7 nitrogen and oxygen atoms in total. The van der Waals surface area contributed by atoms with E-state index in [1.54, 1.807) is 4.90 Å². The number of nitriles is 1. The molecule has 2 aliphatic heterocycles. The normalized spacial score (nSPS) is 21.7. The number of hydrogen-bond donors (Lipinski definition) is 1. The van der Waals surface area contributed by atoms with E-state index in [0.29, 0.717) is 26.1 Å². The van der Waals surface area contributed by atoms with E-state index in [-0.39, 0.29) is 22.5 Å². The average molecular weight is 380 g/mol. The highest BCUT2D eigenvalue weighted by Gasteiger charge is 2.37. The molecule has 0 aliphatic carbocycles. The first-order chi connectivity index (χ1) is 12.3. The van der Waals surface area contributed by atoms with Gasteiger partial charge in [0, 0.05) is 31.9 Å². The molecule has 0 unspecified atom stereocenters. The zero-order valence-corrected chi connectivity index (χ0v) is 15.3. The molecule has 0 spiro atoms. The van der Waals surface area contributed by atoms with Crippen molar-refractivity contribution in [3.05, 3.63) is 24.0 Å². The Morgan fingerprint density at radius 3 is 2.50 bits per heavy atom. The van der Waals surface area contributed by atoms with Crippen molar-refractivity contribution >= 4 is 21.4 Å². The Kier molecular flexibility index (Phi) is 5.05. The number of halogens is 1. The molecule has 140 valence electrons. The monoisotopic (exact) mass is 380 g/mol. The number of carbonyl (C=O) groups is 1. The standard InChI is InChI=1S/C17H21FN4O3S/c1-26(24,25)13-2-3-15(14(18)10-13)20-16-6-9-22(17(16)23)12-4-7-21(11-19)8-5-12/h2-3,10,12,16,20H,4-9H2,1H3/t16-/m0/s1. The second kappa shape index (κ2) is 7.11. The van der Waals surface area contributed by atoms with E-state index in [0.717, 1.165) is 25.2 Å². The number of benzene rings is 1. The van der Waals surface area contributed by atoms with Crippen LogP contribution in [0.2, 0.25) is 0 Å². The van der Waals surface area contributed by atoms with E-state index in [4.69, 9.17) is 5.26 Å². The molecule has 2 heterocycles. The molecule has 0 bridgehead atoms. The summed E-state index contributed by atoms with van der Waals surface area (Å²) in [6.45, 7) is 1.88. The van der Waals surface area contributed by atoms with Crippen LogP contribution in [0.5, 0.6) is 0 Å². The van der Waals surface area contributed by atoms with Crippen LogP contribution in [0, 0.1) is 17.3 Å². The maximum absolute atomic E-state index is 14.2. The van der Waals surface area contributed by atoms with Crippen molar-refractivity contribution < 1.29 is 17.6 Å². The number of carbonyl (C=O) groups excluding carboxylic acids is 1. The molecule has 1 amide bonds. The molecule has 1 atom stereocenters. The molecule has 0 radical (unpaired) electrons. The summed E-state index contributed by atoms with van der Waals surface area (Å²) in [7, 11) is -3.48. The predicted octanol–water partition coefficient (Wildman–Crippen LogP) is 1.19.